The van der Waals surface area contributed by atoms with Gasteiger partial charge in [0.15, 0.2) is 0 Å². The van der Waals surface area contributed by atoms with Gasteiger partial charge in [0.2, 0.25) is 0 Å². The standard InChI is InChI=1S/C6H5.C2H4O2.Na/c1-2-4-6-5-3-1;1-2(3)4;/h1-5H;1H3,(H,3,4);/q-1;;+1. The molecule has 1 aromatic rings. The summed E-state index contributed by atoms with van der Waals surface area (Å²) in [6.07, 6.45) is 0. The maximum Gasteiger partial charge on any atom is 1.00 e. The van der Waals surface area contributed by atoms with E-state index in [0.717, 1.165) is 6.92 Å². The van der Waals surface area contributed by atoms with E-state index < -0.39 is 5.97 Å². The third-order valence-corrected chi connectivity index (χ3v) is 0.607. The molecule has 0 bridgehead atoms. The number of hydrogen-bond donors (Lipinski definition) is 1. The Morgan fingerprint density at radius 2 is 1.64 bits per heavy atom. The molecule has 1 N–H and O–H groups in total. The number of carboxylic acids is 1. The summed E-state index contributed by atoms with van der Waals surface area (Å²) in [5.74, 6) is -0.833. The second-order valence-electron chi connectivity index (χ2n) is 1.60. The minimum atomic E-state index is -0.833. The second kappa shape index (κ2) is 9.69. The topological polar surface area (TPSA) is 37.3 Å². The van der Waals surface area contributed by atoms with Gasteiger partial charge in [-0.3, -0.25) is 4.79 Å². The summed E-state index contributed by atoms with van der Waals surface area (Å²) < 4.78 is 0. The molecule has 11 heavy (non-hydrogen) atoms. The Morgan fingerprint density at radius 3 is 1.73 bits per heavy atom. The van der Waals surface area contributed by atoms with Crippen molar-refractivity contribution in [2.24, 2.45) is 0 Å². The first-order valence-electron chi connectivity index (χ1n) is 2.84. The van der Waals surface area contributed by atoms with Crippen LogP contribution >= 0.6 is 0 Å². The number of carbonyl (C=O) groups is 1. The largest absolute Gasteiger partial charge is 1.00 e. The summed E-state index contributed by atoms with van der Waals surface area (Å²) in [5.41, 5.74) is 0. The van der Waals surface area contributed by atoms with Crippen molar-refractivity contribution in [2.75, 3.05) is 0 Å². The van der Waals surface area contributed by atoms with E-state index in [1.807, 2.05) is 30.3 Å². The monoisotopic (exact) mass is 160 g/mol. The molecule has 0 aliphatic heterocycles. The fourth-order valence-corrected chi connectivity index (χ4v) is 0.342. The van der Waals surface area contributed by atoms with Gasteiger partial charge in [-0.1, -0.05) is 0 Å². The minimum Gasteiger partial charge on any atom is -0.481 e. The number of hydrogen-bond acceptors (Lipinski definition) is 1. The molecule has 0 aliphatic carbocycles. The maximum absolute atomic E-state index is 9.00. The van der Waals surface area contributed by atoms with Crippen LogP contribution in [0.2, 0.25) is 0 Å². The van der Waals surface area contributed by atoms with E-state index in [9.17, 15) is 0 Å². The summed E-state index contributed by atoms with van der Waals surface area (Å²) in [6.45, 7) is 1.08. The predicted molar refractivity (Wildman–Crippen MR) is 38.6 cm³/mol. The van der Waals surface area contributed by atoms with Crippen molar-refractivity contribution in [1.82, 2.24) is 0 Å². The van der Waals surface area contributed by atoms with Crippen molar-refractivity contribution in [2.45, 2.75) is 6.92 Å². The third-order valence-electron chi connectivity index (χ3n) is 0.607. The van der Waals surface area contributed by atoms with E-state index >= 15 is 0 Å². The summed E-state index contributed by atoms with van der Waals surface area (Å²) in [7, 11) is 0. The van der Waals surface area contributed by atoms with E-state index in [2.05, 4.69) is 6.07 Å². The molecule has 0 fully saturated rings. The molecular formula is C8H9NaO2. The van der Waals surface area contributed by atoms with Crippen LogP contribution in [-0.2, 0) is 4.79 Å². The Morgan fingerprint density at radius 1 is 1.27 bits per heavy atom. The van der Waals surface area contributed by atoms with E-state index in [0.29, 0.717) is 0 Å². The molecule has 54 valence electrons. The number of carboxylic acid groups (broad SMARTS) is 1. The molecule has 0 saturated carbocycles. The van der Waals surface area contributed by atoms with E-state index in [1.54, 1.807) is 0 Å². The maximum atomic E-state index is 9.00. The Hall–Kier alpha value is -0.310. The van der Waals surface area contributed by atoms with Gasteiger partial charge in [-0.2, -0.15) is 36.4 Å². The number of rotatable bonds is 0. The summed E-state index contributed by atoms with van der Waals surface area (Å²) in [5, 5.41) is 7.42. The Labute approximate surface area is 88.5 Å². The zero-order valence-corrected chi connectivity index (χ0v) is 8.74. The SMILES string of the molecule is CC(=O)O.[Na+].[c-]1ccccc1. The van der Waals surface area contributed by atoms with Crippen LogP contribution in [-0.4, -0.2) is 11.1 Å². The van der Waals surface area contributed by atoms with Crippen LogP contribution in [0.15, 0.2) is 30.3 Å². The van der Waals surface area contributed by atoms with Gasteiger partial charge in [0.25, 0.3) is 5.97 Å². The van der Waals surface area contributed by atoms with Crippen molar-refractivity contribution in [3.05, 3.63) is 36.4 Å². The first kappa shape index (κ1) is 13.3. The molecular weight excluding hydrogens is 151 g/mol. The number of aliphatic carboxylic acids is 1. The molecule has 0 spiro atoms. The van der Waals surface area contributed by atoms with Crippen molar-refractivity contribution in [1.29, 1.82) is 0 Å². The van der Waals surface area contributed by atoms with Crippen LogP contribution in [0.3, 0.4) is 0 Å². The fourth-order valence-electron chi connectivity index (χ4n) is 0.342. The average Bonchev–Trinajstić information content (AvgIpc) is 1.90. The van der Waals surface area contributed by atoms with E-state index in [4.69, 9.17) is 9.90 Å². The zero-order chi connectivity index (χ0) is 7.82. The van der Waals surface area contributed by atoms with Crippen LogP contribution < -0.4 is 29.6 Å². The Balaban J connectivity index is 0. The van der Waals surface area contributed by atoms with Crippen LogP contribution in [0.1, 0.15) is 6.92 Å². The van der Waals surface area contributed by atoms with E-state index in [1.165, 1.54) is 0 Å². The summed E-state index contributed by atoms with van der Waals surface area (Å²) >= 11 is 0. The molecule has 3 heteroatoms. The van der Waals surface area contributed by atoms with Crippen molar-refractivity contribution < 1.29 is 39.5 Å². The first-order valence-corrected chi connectivity index (χ1v) is 2.84. The van der Waals surface area contributed by atoms with Crippen LogP contribution in [0.5, 0.6) is 0 Å². The van der Waals surface area contributed by atoms with Crippen molar-refractivity contribution >= 4 is 5.97 Å². The molecule has 0 aromatic heterocycles. The zero-order valence-electron chi connectivity index (χ0n) is 6.74. The summed E-state index contributed by atoms with van der Waals surface area (Å²) in [4.78, 5) is 9.00. The molecule has 0 atom stereocenters. The molecule has 0 radical (unpaired) electrons. The van der Waals surface area contributed by atoms with Gasteiger partial charge in [-0.05, 0) is 0 Å². The normalized spacial score (nSPS) is 6.64. The average molecular weight is 160 g/mol. The molecule has 2 nitrogen and oxygen atoms in total. The van der Waals surface area contributed by atoms with Crippen molar-refractivity contribution in [3.8, 4) is 0 Å². The Bertz CT molecular complexity index is 144. The third kappa shape index (κ3) is 17.7. The Kier molecular flexibility index (Phi) is 11.7. The van der Waals surface area contributed by atoms with Gasteiger partial charge in [-0.25, -0.2) is 0 Å². The molecule has 1 aromatic carbocycles. The minimum absolute atomic E-state index is 0. The van der Waals surface area contributed by atoms with Gasteiger partial charge in [0.05, 0.1) is 0 Å². The van der Waals surface area contributed by atoms with Gasteiger partial charge >= 0.3 is 29.6 Å². The quantitative estimate of drug-likeness (QED) is 0.373. The van der Waals surface area contributed by atoms with Gasteiger partial charge in [0.1, 0.15) is 0 Å². The van der Waals surface area contributed by atoms with Crippen LogP contribution in [0.25, 0.3) is 0 Å². The van der Waals surface area contributed by atoms with Crippen LogP contribution in [0, 0.1) is 6.07 Å². The predicted octanol–water partition coefficient (Wildman–Crippen LogP) is -1.42. The van der Waals surface area contributed by atoms with Crippen LogP contribution in [0.4, 0.5) is 0 Å². The first-order chi connectivity index (χ1) is 4.73. The van der Waals surface area contributed by atoms with Gasteiger partial charge in [0, 0.05) is 6.92 Å². The molecule has 0 heterocycles. The smallest absolute Gasteiger partial charge is 0.481 e. The van der Waals surface area contributed by atoms with Crippen molar-refractivity contribution in [3.63, 3.8) is 0 Å². The molecule has 0 saturated heterocycles. The molecule has 1 rings (SSSR count). The number of benzene rings is 1. The van der Waals surface area contributed by atoms with Gasteiger partial charge in [-0.15, -0.1) is 0 Å². The van der Waals surface area contributed by atoms with E-state index in [-0.39, 0.29) is 29.6 Å². The molecule has 0 amide bonds. The fraction of sp³-hybridized carbons (Fsp3) is 0.125. The second-order valence-corrected chi connectivity index (χ2v) is 1.60. The van der Waals surface area contributed by atoms with Gasteiger partial charge < -0.3 is 5.11 Å². The molecule has 0 unspecified atom stereocenters. The molecule has 0 aliphatic rings. The summed E-state index contributed by atoms with van der Waals surface area (Å²) in [6, 6.07) is 12.5.